The first-order chi connectivity index (χ1) is 12.0. The number of nitrogens with zero attached hydrogens (tertiary/aromatic N) is 3. The summed E-state index contributed by atoms with van der Waals surface area (Å²) in [5.41, 5.74) is 3.27. The SMILES string of the molecule is Cc1noc(C)c1N(C)C(=O)c1cc(C2CC2)nc2ccc(F)cc12. The molecule has 25 heavy (non-hydrogen) atoms. The fourth-order valence-corrected chi connectivity index (χ4v) is 3.22. The number of carbonyl (C=O) groups excluding carboxylic acids is 1. The van der Waals surface area contributed by atoms with Gasteiger partial charge in [-0.3, -0.25) is 9.78 Å². The highest BCUT2D eigenvalue weighted by Gasteiger charge is 2.28. The van der Waals surface area contributed by atoms with Gasteiger partial charge in [-0.05, 0) is 51.0 Å². The number of halogens is 1. The van der Waals surface area contributed by atoms with Crippen LogP contribution in [0, 0.1) is 19.7 Å². The number of rotatable bonds is 3. The minimum Gasteiger partial charge on any atom is -0.359 e. The van der Waals surface area contributed by atoms with Gasteiger partial charge in [0.15, 0.2) is 5.76 Å². The monoisotopic (exact) mass is 339 g/mol. The van der Waals surface area contributed by atoms with Crippen LogP contribution in [0.5, 0.6) is 0 Å². The number of aryl methyl sites for hydroxylation is 2. The van der Waals surface area contributed by atoms with Crippen LogP contribution in [0.1, 0.15) is 46.3 Å². The molecule has 128 valence electrons. The van der Waals surface area contributed by atoms with Crippen LogP contribution >= 0.6 is 0 Å². The van der Waals surface area contributed by atoms with Crippen LogP contribution in [0.3, 0.4) is 0 Å². The molecule has 0 aliphatic heterocycles. The van der Waals surface area contributed by atoms with Crippen LogP contribution < -0.4 is 4.90 Å². The average Bonchev–Trinajstić information content (AvgIpc) is 3.38. The summed E-state index contributed by atoms with van der Waals surface area (Å²) in [6, 6.07) is 6.17. The van der Waals surface area contributed by atoms with E-state index in [1.54, 1.807) is 33.0 Å². The van der Waals surface area contributed by atoms with Gasteiger partial charge in [0, 0.05) is 24.0 Å². The van der Waals surface area contributed by atoms with Gasteiger partial charge in [-0.15, -0.1) is 0 Å². The quantitative estimate of drug-likeness (QED) is 0.720. The van der Waals surface area contributed by atoms with Gasteiger partial charge < -0.3 is 9.42 Å². The minimum atomic E-state index is -0.387. The maximum absolute atomic E-state index is 13.8. The highest BCUT2D eigenvalue weighted by Crippen LogP contribution is 2.40. The highest BCUT2D eigenvalue weighted by molar-refractivity contribution is 6.13. The second-order valence-electron chi connectivity index (χ2n) is 6.57. The van der Waals surface area contributed by atoms with Crippen molar-refractivity contribution in [2.75, 3.05) is 11.9 Å². The third-order valence-electron chi connectivity index (χ3n) is 4.65. The van der Waals surface area contributed by atoms with E-state index in [-0.39, 0.29) is 11.7 Å². The van der Waals surface area contributed by atoms with Crippen molar-refractivity contribution >= 4 is 22.5 Å². The number of aromatic nitrogens is 2. The first-order valence-corrected chi connectivity index (χ1v) is 8.27. The molecule has 1 fully saturated rings. The van der Waals surface area contributed by atoms with E-state index in [9.17, 15) is 9.18 Å². The molecule has 1 saturated carbocycles. The Hall–Kier alpha value is -2.76. The van der Waals surface area contributed by atoms with Crippen LogP contribution in [-0.4, -0.2) is 23.1 Å². The Labute approximate surface area is 144 Å². The van der Waals surface area contributed by atoms with E-state index in [2.05, 4.69) is 10.1 Å². The number of amides is 1. The molecule has 2 heterocycles. The molecule has 6 heteroatoms. The number of anilines is 1. The fourth-order valence-electron chi connectivity index (χ4n) is 3.22. The third-order valence-corrected chi connectivity index (χ3v) is 4.65. The lowest BCUT2D eigenvalue weighted by Gasteiger charge is -2.18. The lowest BCUT2D eigenvalue weighted by atomic mass is 10.0. The van der Waals surface area contributed by atoms with Crippen molar-refractivity contribution in [1.29, 1.82) is 0 Å². The first-order valence-electron chi connectivity index (χ1n) is 8.27. The van der Waals surface area contributed by atoms with E-state index in [1.165, 1.54) is 17.0 Å². The lowest BCUT2D eigenvalue weighted by Crippen LogP contribution is -2.27. The van der Waals surface area contributed by atoms with Gasteiger partial charge in [0.25, 0.3) is 5.91 Å². The maximum atomic E-state index is 13.8. The molecule has 4 rings (SSSR count). The molecule has 0 saturated heterocycles. The summed E-state index contributed by atoms with van der Waals surface area (Å²) in [5.74, 6) is 0.350. The summed E-state index contributed by atoms with van der Waals surface area (Å²) in [4.78, 5) is 19.3. The summed E-state index contributed by atoms with van der Waals surface area (Å²) < 4.78 is 18.9. The largest absolute Gasteiger partial charge is 0.359 e. The average molecular weight is 339 g/mol. The normalized spacial score (nSPS) is 14.1. The molecule has 0 unspecified atom stereocenters. The molecule has 1 amide bonds. The summed E-state index contributed by atoms with van der Waals surface area (Å²) in [5, 5.41) is 4.43. The van der Waals surface area contributed by atoms with Crippen molar-refractivity contribution in [3.8, 4) is 0 Å². The maximum Gasteiger partial charge on any atom is 0.258 e. The Morgan fingerprint density at radius 3 is 2.68 bits per heavy atom. The number of fused-ring (bicyclic) bond motifs is 1. The van der Waals surface area contributed by atoms with Gasteiger partial charge in [-0.1, -0.05) is 5.16 Å². The second kappa shape index (κ2) is 5.65. The second-order valence-corrected chi connectivity index (χ2v) is 6.57. The van der Waals surface area contributed by atoms with E-state index in [4.69, 9.17) is 4.52 Å². The zero-order chi connectivity index (χ0) is 17.7. The van der Waals surface area contributed by atoms with E-state index in [1.807, 2.05) is 0 Å². The molecule has 0 N–H and O–H groups in total. The molecule has 0 radical (unpaired) electrons. The van der Waals surface area contributed by atoms with Gasteiger partial charge in [0.05, 0.1) is 11.1 Å². The molecule has 3 aromatic rings. The molecular weight excluding hydrogens is 321 g/mol. The summed E-state index contributed by atoms with van der Waals surface area (Å²) in [7, 11) is 1.68. The summed E-state index contributed by atoms with van der Waals surface area (Å²) >= 11 is 0. The zero-order valence-electron chi connectivity index (χ0n) is 14.3. The molecule has 2 aromatic heterocycles. The number of carbonyl (C=O) groups is 1. The molecule has 0 spiro atoms. The standard InChI is InChI=1S/C19H18FN3O2/c1-10-18(11(2)25-22-10)23(3)19(24)15-9-17(12-4-5-12)21-16-7-6-13(20)8-14(15)16/h6-9,12H,4-5H2,1-3H3. The molecule has 0 atom stereocenters. The Morgan fingerprint density at radius 2 is 2.04 bits per heavy atom. The topological polar surface area (TPSA) is 59.2 Å². The fraction of sp³-hybridized carbons (Fsp3) is 0.316. The Bertz CT molecular complexity index is 972. The van der Waals surface area contributed by atoms with Gasteiger partial charge in [-0.25, -0.2) is 4.39 Å². The zero-order valence-corrected chi connectivity index (χ0v) is 14.3. The molecule has 5 nitrogen and oxygen atoms in total. The Kier molecular flexibility index (Phi) is 3.56. The molecular formula is C19H18FN3O2. The van der Waals surface area contributed by atoms with Gasteiger partial charge in [-0.2, -0.15) is 0 Å². The van der Waals surface area contributed by atoms with Crippen molar-refractivity contribution in [2.45, 2.75) is 32.6 Å². The summed E-state index contributed by atoms with van der Waals surface area (Å²) in [6.45, 7) is 3.55. The number of benzene rings is 1. The molecule has 1 aliphatic rings. The van der Waals surface area contributed by atoms with E-state index in [0.29, 0.717) is 39.5 Å². The van der Waals surface area contributed by atoms with Gasteiger partial charge >= 0.3 is 0 Å². The highest BCUT2D eigenvalue weighted by atomic mass is 19.1. The van der Waals surface area contributed by atoms with Crippen molar-refractivity contribution < 1.29 is 13.7 Å². The van der Waals surface area contributed by atoms with Gasteiger partial charge in [0.1, 0.15) is 17.2 Å². The first kappa shape index (κ1) is 15.7. The molecule has 0 bridgehead atoms. The van der Waals surface area contributed by atoms with E-state index >= 15 is 0 Å². The summed E-state index contributed by atoms with van der Waals surface area (Å²) in [6.07, 6.45) is 2.15. The predicted molar refractivity (Wildman–Crippen MR) is 92.4 cm³/mol. The van der Waals surface area contributed by atoms with Crippen LogP contribution in [0.4, 0.5) is 10.1 Å². The predicted octanol–water partition coefficient (Wildman–Crippen LogP) is 4.13. The third kappa shape index (κ3) is 2.67. The van der Waals surface area contributed by atoms with Crippen LogP contribution in [0.15, 0.2) is 28.8 Å². The van der Waals surface area contributed by atoms with E-state index < -0.39 is 0 Å². The lowest BCUT2D eigenvalue weighted by molar-refractivity contribution is 0.0994. The van der Waals surface area contributed by atoms with Crippen molar-refractivity contribution in [1.82, 2.24) is 10.1 Å². The van der Waals surface area contributed by atoms with Crippen molar-refractivity contribution in [3.05, 3.63) is 52.8 Å². The van der Waals surface area contributed by atoms with Crippen LogP contribution in [0.2, 0.25) is 0 Å². The van der Waals surface area contributed by atoms with Crippen molar-refractivity contribution in [2.24, 2.45) is 0 Å². The van der Waals surface area contributed by atoms with Crippen LogP contribution in [-0.2, 0) is 0 Å². The smallest absolute Gasteiger partial charge is 0.258 e. The van der Waals surface area contributed by atoms with Crippen LogP contribution in [0.25, 0.3) is 10.9 Å². The van der Waals surface area contributed by atoms with Gasteiger partial charge in [0.2, 0.25) is 0 Å². The van der Waals surface area contributed by atoms with E-state index in [0.717, 1.165) is 18.5 Å². The molecule has 1 aliphatic carbocycles. The minimum absolute atomic E-state index is 0.228. The molecule has 1 aromatic carbocycles. The number of hydrogen-bond donors (Lipinski definition) is 0. The number of pyridine rings is 1. The number of hydrogen-bond acceptors (Lipinski definition) is 4. The van der Waals surface area contributed by atoms with Crippen molar-refractivity contribution in [3.63, 3.8) is 0 Å². The Balaban J connectivity index is 1.86. The Morgan fingerprint density at radius 1 is 1.28 bits per heavy atom.